The van der Waals surface area contributed by atoms with Crippen molar-refractivity contribution < 1.29 is 9.47 Å². The van der Waals surface area contributed by atoms with Crippen molar-refractivity contribution in [3.8, 4) is 0 Å². The van der Waals surface area contributed by atoms with Gasteiger partial charge in [0.2, 0.25) is 0 Å². The van der Waals surface area contributed by atoms with Crippen LogP contribution < -0.4 is 5.32 Å². The Morgan fingerprint density at radius 1 is 1.05 bits per heavy atom. The van der Waals surface area contributed by atoms with Crippen LogP contribution in [0.5, 0.6) is 0 Å². The molecule has 1 aromatic rings. The van der Waals surface area contributed by atoms with Crippen molar-refractivity contribution in [1.82, 2.24) is 5.32 Å². The molecule has 0 radical (unpaired) electrons. The standard InChI is InChI=1S/C17H29NO2/c1-5-18-16(15-10-8-7-9-11-15)17(14(3)4)20-13-12-19-6-2/h7-11,14,16-18H,5-6,12-13H2,1-4H3. The third kappa shape index (κ3) is 5.61. The Bertz CT molecular complexity index is 340. The van der Waals surface area contributed by atoms with Crippen LogP contribution in [0.3, 0.4) is 0 Å². The van der Waals surface area contributed by atoms with Gasteiger partial charge >= 0.3 is 0 Å². The molecule has 3 nitrogen and oxygen atoms in total. The van der Waals surface area contributed by atoms with Crippen LogP contribution in [0, 0.1) is 5.92 Å². The fourth-order valence-corrected chi connectivity index (χ4v) is 2.37. The first kappa shape index (κ1) is 17.2. The summed E-state index contributed by atoms with van der Waals surface area (Å²) in [6, 6.07) is 10.8. The van der Waals surface area contributed by atoms with Gasteiger partial charge in [0.15, 0.2) is 0 Å². The number of ether oxygens (including phenoxy) is 2. The maximum atomic E-state index is 6.09. The van der Waals surface area contributed by atoms with E-state index < -0.39 is 0 Å². The smallest absolute Gasteiger partial charge is 0.0793 e. The van der Waals surface area contributed by atoms with E-state index in [-0.39, 0.29) is 12.1 Å². The molecule has 20 heavy (non-hydrogen) atoms. The molecule has 0 amide bonds. The average molecular weight is 279 g/mol. The third-order valence-electron chi connectivity index (χ3n) is 3.31. The number of rotatable bonds is 10. The lowest BCUT2D eigenvalue weighted by atomic mass is 9.93. The van der Waals surface area contributed by atoms with Crippen LogP contribution in [0.4, 0.5) is 0 Å². The van der Waals surface area contributed by atoms with Crippen molar-refractivity contribution in [2.45, 2.75) is 39.8 Å². The summed E-state index contributed by atoms with van der Waals surface area (Å²) >= 11 is 0. The summed E-state index contributed by atoms with van der Waals surface area (Å²) in [4.78, 5) is 0. The molecule has 3 heteroatoms. The lowest BCUT2D eigenvalue weighted by molar-refractivity contribution is -0.0314. The van der Waals surface area contributed by atoms with Crippen LogP contribution in [0.2, 0.25) is 0 Å². The summed E-state index contributed by atoms with van der Waals surface area (Å²) in [6.45, 7) is 11.5. The van der Waals surface area contributed by atoms with Gasteiger partial charge in [-0.25, -0.2) is 0 Å². The summed E-state index contributed by atoms with van der Waals surface area (Å²) in [5.41, 5.74) is 1.28. The average Bonchev–Trinajstić information content (AvgIpc) is 2.46. The van der Waals surface area contributed by atoms with Gasteiger partial charge in [-0.15, -0.1) is 0 Å². The van der Waals surface area contributed by atoms with Gasteiger partial charge in [-0.1, -0.05) is 51.1 Å². The molecule has 114 valence electrons. The second-order valence-corrected chi connectivity index (χ2v) is 5.22. The van der Waals surface area contributed by atoms with Gasteiger partial charge in [0.25, 0.3) is 0 Å². The second-order valence-electron chi connectivity index (χ2n) is 5.22. The summed E-state index contributed by atoms with van der Waals surface area (Å²) in [5.74, 6) is 0.445. The highest BCUT2D eigenvalue weighted by Gasteiger charge is 2.25. The Labute approximate surface area is 123 Å². The fraction of sp³-hybridized carbons (Fsp3) is 0.647. The zero-order valence-corrected chi connectivity index (χ0v) is 13.3. The lowest BCUT2D eigenvalue weighted by Crippen LogP contribution is -2.38. The largest absolute Gasteiger partial charge is 0.379 e. The molecule has 0 fully saturated rings. The van der Waals surface area contributed by atoms with Gasteiger partial charge in [0, 0.05) is 6.61 Å². The fourth-order valence-electron chi connectivity index (χ4n) is 2.37. The van der Waals surface area contributed by atoms with E-state index >= 15 is 0 Å². The van der Waals surface area contributed by atoms with Gasteiger partial charge in [0.05, 0.1) is 25.4 Å². The lowest BCUT2D eigenvalue weighted by Gasteiger charge is -2.31. The Kier molecular flexibility index (Phi) is 8.51. The van der Waals surface area contributed by atoms with E-state index in [1.807, 2.05) is 13.0 Å². The number of hydrogen-bond acceptors (Lipinski definition) is 3. The first-order valence-electron chi connectivity index (χ1n) is 7.68. The summed E-state index contributed by atoms with van der Waals surface area (Å²) in [7, 11) is 0. The highest BCUT2D eigenvalue weighted by Crippen LogP contribution is 2.24. The molecule has 1 aromatic carbocycles. The van der Waals surface area contributed by atoms with E-state index in [9.17, 15) is 0 Å². The van der Waals surface area contributed by atoms with Gasteiger partial charge in [0.1, 0.15) is 0 Å². The third-order valence-corrected chi connectivity index (χ3v) is 3.31. The number of nitrogens with one attached hydrogen (secondary N) is 1. The molecule has 0 aromatic heterocycles. The van der Waals surface area contributed by atoms with E-state index in [0.717, 1.165) is 13.2 Å². The molecule has 0 saturated heterocycles. The molecule has 0 bridgehead atoms. The van der Waals surface area contributed by atoms with Crippen molar-refractivity contribution >= 4 is 0 Å². The van der Waals surface area contributed by atoms with E-state index in [2.05, 4.69) is 50.4 Å². The molecule has 1 N–H and O–H groups in total. The van der Waals surface area contributed by atoms with Gasteiger partial charge in [-0.3, -0.25) is 0 Å². The van der Waals surface area contributed by atoms with Gasteiger partial charge in [-0.2, -0.15) is 0 Å². The Hall–Kier alpha value is -0.900. The van der Waals surface area contributed by atoms with Gasteiger partial charge in [-0.05, 0) is 24.9 Å². The summed E-state index contributed by atoms with van der Waals surface area (Å²) in [6.07, 6.45) is 0.151. The zero-order chi connectivity index (χ0) is 14.8. The minimum Gasteiger partial charge on any atom is -0.379 e. The summed E-state index contributed by atoms with van der Waals surface area (Å²) < 4.78 is 11.5. The molecule has 0 heterocycles. The second kappa shape index (κ2) is 9.92. The molecule has 0 aliphatic heterocycles. The predicted molar refractivity (Wildman–Crippen MR) is 83.9 cm³/mol. The van der Waals surface area contributed by atoms with Crippen LogP contribution in [0.15, 0.2) is 30.3 Å². The van der Waals surface area contributed by atoms with Crippen LogP contribution in [-0.4, -0.2) is 32.5 Å². The first-order valence-corrected chi connectivity index (χ1v) is 7.68. The van der Waals surface area contributed by atoms with Crippen LogP contribution in [-0.2, 0) is 9.47 Å². The minimum atomic E-state index is 0.151. The zero-order valence-electron chi connectivity index (χ0n) is 13.3. The molecule has 0 aliphatic carbocycles. The van der Waals surface area contributed by atoms with Crippen LogP contribution in [0.25, 0.3) is 0 Å². The van der Waals surface area contributed by atoms with E-state index in [1.165, 1.54) is 5.56 Å². The van der Waals surface area contributed by atoms with Crippen molar-refractivity contribution in [2.75, 3.05) is 26.4 Å². The number of benzene rings is 1. The molecule has 0 spiro atoms. The maximum absolute atomic E-state index is 6.09. The Morgan fingerprint density at radius 2 is 1.75 bits per heavy atom. The molecule has 1 rings (SSSR count). The van der Waals surface area contributed by atoms with Crippen molar-refractivity contribution in [1.29, 1.82) is 0 Å². The number of likely N-dealkylation sites (N-methyl/N-ethyl adjacent to an activating group) is 1. The molecular weight excluding hydrogens is 250 g/mol. The van der Waals surface area contributed by atoms with E-state index in [4.69, 9.17) is 9.47 Å². The quantitative estimate of drug-likeness (QED) is 0.666. The molecule has 2 atom stereocenters. The van der Waals surface area contributed by atoms with E-state index in [1.54, 1.807) is 0 Å². The SMILES string of the molecule is CCNC(c1ccccc1)C(OCCOCC)C(C)C. The van der Waals surface area contributed by atoms with Gasteiger partial charge < -0.3 is 14.8 Å². The van der Waals surface area contributed by atoms with Crippen molar-refractivity contribution in [3.63, 3.8) is 0 Å². The summed E-state index contributed by atoms with van der Waals surface area (Å²) in [5, 5.41) is 3.56. The van der Waals surface area contributed by atoms with Crippen molar-refractivity contribution in [2.24, 2.45) is 5.92 Å². The monoisotopic (exact) mass is 279 g/mol. The van der Waals surface area contributed by atoms with Crippen LogP contribution >= 0.6 is 0 Å². The van der Waals surface area contributed by atoms with Crippen LogP contribution in [0.1, 0.15) is 39.3 Å². The highest BCUT2D eigenvalue weighted by molar-refractivity contribution is 5.20. The maximum Gasteiger partial charge on any atom is 0.0793 e. The van der Waals surface area contributed by atoms with Crippen molar-refractivity contribution in [3.05, 3.63) is 35.9 Å². The topological polar surface area (TPSA) is 30.5 Å². The van der Waals surface area contributed by atoms with E-state index in [0.29, 0.717) is 19.1 Å². The predicted octanol–water partition coefficient (Wildman–Crippen LogP) is 3.41. The Balaban J connectivity index is 2.73. The molecule has 0 saturated carbocycles. The molecular formula is C17H29NO2. The number of hydrogen-bond donors (Lipinski definition) is 1. The molecule has 2 unspecified atom stereocenters. The Morgan fingerprint density at radius 3 is 2.30 bits per heavy atom. The minimum absolute atomic E-state index is 0.151. The molecule has 0 aliphatic rings. The highest BCUT2D eigenvalue weighted by atomic mass is 16.5. The normalized spacial score (nSPS) is 14.4. The first-order chi connectivity index (χ1) is 9.70.